The van der Waals surface area contributed by atoms with Crippen molar-refractivity contribution < 1.29 is 19.0 Å². The number of ketones is 1. The number of aromatic nitrogens is 1. The third-order valence-corrected chi connectivity index (χ3v) is 5.20. The van der Waals surface area contributed by atoms with Crippen LogP contribution in [0, 0.1) is 6.92 Å². The molecule has 0 unspecified atom stereocenters. The van der Waals surface area contributed by atoms with E-state index in [-0.39, 0.29) is 5.78 Å². The highest BCUT2D eigenvalue weighted by atomic mass is 16.5. The molecular weight excluding hydrogens is 378 g/mol. The van der Waals surface area contributed by atoms with Gasteiger partial charge in [-0.15, -0.1) is 0 Å². The summed E-state index contributed by atoms with van der Waals surface area (Å²) in [6.07, 6.45) is 5.79. The predicted octanol–water partition coefficient (Wildman–Crippen LogP) is 5.46. The highest BCUT2D eigenvalue weighted by Crippen LogP contribution is 2.38. The van der Waals surface area contributed by atoms with E-state index in [1.165, 1.54) is 5.57 Å². The summed E-state index contributed by atoms with van der Waals surface area (Å²) >= 11 is 0. The molecule has 0 fully saturated rings. The number of carbonyl (C=O) groups excluding carboxylic acids is 1. The Morgan fingerprint density at radius 2 is 1.97 bits per heavy atom. The zero-order valence-electron chi connectivity index (χ0n) is 17.9. The standard InChI is InChI=1S/C25H25NO4/c1-15(2)8-9-29-19-10-16(3)24-22(13-19)30-23(25(24)27)11-17-14-26(4)21-7-6-18(28-5)12-20(17)21/h6-8,10-14H,9H2,1-5H3/b23-11-. The second-order valence-electron chi connectivity index (χ2n) is 7.72. The minimum absolute atomic E-state index is 0.113. The van der Waals surface area contributed by atoms with Gasteiger partial charge in [0.15, 0.2) is 5.76 Å². The summed E-state index contributed by atoms with van der Waals surface area (Å²) in [7, 11) is 3.62. The largest absolute Gasteiger partial charge is 0.497 e. The van der Waals surface area contributed by atoms with Crippen LogP contribution in [0.1, 0.15) is 35.3 Å². The zero-order valence-corrected chi connectivity index (χ0v) is 17.9. The van der Waals surface area contributed by atoms with Crippen molar-refractivity contribution in [2.75, 3.05) is 13.7 Å². The minimum Gasteiger partial charge on any atom is -0.497 e. The molecule has 5 nitrogen and oxygen atoms in total. The van der Waals surface area contributed by atoms with Gasteiger partial charge in [0.2, 0.25) is 5.78 Å². The maximum Gasteiger partial charge on any atom is 0.232 e. The third-order valence-electron chi connectivity index (χ3n) is 5.20. The molecule has 0 amide bonds. The molecule has 5 heteroatoms. The van der Waals surface area contributed by atoms with Crippen molar-refractivity contribution in [1.29, 1.82) is 0 Å². The Morgan fingerprint density at radius 3 is 2.70 bits per heavy atom. The maximum absolute atomic E-state index is 13.0. The number of carbonyl (C=O) groups is 1. The van der Waals surface area contributed by atoms with Crippen LogP contribution in [0.3, 0.4) is 0 Å². The number of nitrogens with zero attached hydrogens (tertiary/aromatic N) is 1. The molecule has 0 aliphatic carbocycles. The van der Waals surface area contributed by atoms with E-state index in [1.54, 1.807) is 19.3 Å². The topological polar surface area (TPSA) is 49.7 Å². The molecule has 0 atom stereocenters. The molecular formula is C25H25NO4. The summed E-state index contributed by atoms with van der Waals surface area (Å²) in [4.78, 5) is 13.0. The quantitative estimate of drug-likeness (QED) is 0.419. The molecule has 1 aromatic heterocycles. The Labute approximate surface area is 176 Å². The Bertz CT molecular complexity index is 1210. The monoisotopic (exact) mass is 403 g/mol. The van der Waals surface area contributed by atoms with E-state index in [9.17, 15) is 4.79 Å². The van der Waals surface area contributed by atoms with Gasteiger partial charge in [-0.3, -0.25) is 4.79 Å². The van der Waals surface area contributed by atoms with Crippen molar-refractivity contribution in [3.63, 3.8) is 0 Å². The van der Waals surface area contributed by atoms with Gasteiger partial charge >= 0.3 is 0 Å². The second-order valence-corrected chi connectivity index (χ2v) is 7.72. The molecule has 0 saturated carbocycles. The molecule has 0 radical (unpaired) electrons. The number of allylic oxidation sites excluding steroid dienone is 2. The molecule has 0 spiro atoms. The summed E-state index contributed by atoms with van der Waals surface area (Å²) in [6.45, 7) is 6.44. The van der Waals surface area contributed by atoms with Gasteiger partial charge in [0.05, 0.1) is 12.7 Å². The molecule has 1 aliphatic rings. The molecule has 0 saturated heterocycles. The number of rotatable bonds is 5. The number of aryl methyl sites for hydroxylation is 2. The Morgan fingerprint density at radius 1 is 1.17 bits per heavy atom. The van der Waals surface area contributed by atoms with E-state index in [4.69, 9.17) is 14.2 Å². The molecule has 2 aromatic carbocycles. The van der Waals surface area contributed by atoms with Crippen molar-refractivity contribution in [1.82, 2.24) is 4.57 Å². The molecule has 0 bridgehead atoms. The van der Waals surface area contributed by atoms with Crippen LogP contribution in [0.2, 0.25) is 0 Å². The fourth-order valence-electron chi connectivity index (χ4n) is 3.65. The van der Waals surface area contributed by atoms with Gasteiger partial charge < -0.3 is 18.8 Å². The van der Waals surface area contributed by atoms with Crippen molar-refractivity contribution >= 4 is 22.8 Å². The molecule has 2 heterocycles. The highest BCUT2D eigenvalue weighted by molar-refractivity contribution is 6.16. The van der Waals surface area contributed by atoms with E-state index in [0.29, 0.717) is 29.4 Å². The van der Waals surface area contributed by atoms with Gasteiger partial charge in [0.1, 0.15) is 23.9 Å². The molecule has 0 N–H and O–H groups in total. The number of benzene rings is 2. The average Bonchev–Trinajstić information content (AvgIpc) is 3.18. The van der Waals surface area contributed by atoms with Crippen LogP contribution in [-0.2, 0) is 7.05 Å². The lowest BCUT2D eigenvalue weighted by Crippen LogP contribution is -2.00. The number of fused-ring (bicyclic) bond motifs is 2. The van der Waals surface area contributed by atoms with Gasteiger partial charge in [-0.05, 0) is 62.8 Å². The summed E-state index contributed by atoms with van der Waals surface area (Å²) in [5.41, 5.74) is 4.58. The summed E-state index contributed by atoms with van der Waals surface area (Å²) in [5.74, 6) is 2.19. The molecule has 1 aliphatic heterocycles. The second kappa shape index (κ2) is 7.75. The summed E-state index contributed by atoms with van der Waals surface area (Å²) < 4.78 is 19.1. The number of hydrogen-bond donors (Lipinski definition) is 0. The SMILES string of the molecule is COc1ccc2c(c1)c(/C=C1\Oc3cc(OCC=C(C)C)cc(C)c3C1=O)cn2C. The fraction of sp³-hybridized carbons (Fsp3) is 0.240. The Hall–Kier alpha value is -3.47. The first-order valence-corrected chi connectivity index (χ1v) is 9.85. The summed E-state index contributed by atoms with van der Waals surface area (Å²) in [5, 5.41) is 0.999. The lowest BCUT2D eigenvalue weighted by atomic mass is 10.0. The van der Waals surface area contributed by atoms with Crippen LogP contribution in [-0.4, -0.2) is 24.1 Å². The van der Waals surface area contributed by atoms with Crippen LogP contribution in [0.5, 0.6) is 17.2 Å². The summed E-state index contributed by atoms with van der Waals surface area (Å²) in [6, 6.07) is 9.56. The zero-order chi connectivity index (χ0) is 21.4. The van der Waals surface area contributed by atoms with Crippen LogP contribution < -0.4 is 14.2 Å². The van der Waals surface area contributed by atoms with Gasteiger partial charge in [0, 0.05) is 35.8 Å². The highest BCUT2D eigenvalue weighted by Gasteiger charge is 2.30. The van der Waals surface area contributed by atoms with Crippen molar-refractivity contribution in [3.05, 3.63) is 70.6 Å². The van der Waals surface area contributed by atoms with E-state index < -0.39 is 0 Å². The predicted molar refractivity (Wildman–Crippen MR) is 119 cm³/mol. The fourth-order valence-corrected chi connectivity index (χ4v) is 3.65. The molecule has 3 aromatic rings. The Balaban J connectivity index is 1.69. The van der Waals surface area contributed by atoms with Crippen molar-refractivity contribution in [2.24, 2.45) is 7.05 Å². The Kier molecular flexibility index (Phi) is 5.12. The van der Waals surface area contributed by atoms with Crippen molar-refractivity contribution in [3.8, 4) is 17.2 Å². The normalized spacial score (nSPS) is 14.0. The first kappa shape index (κ1) is 19.8. The van der Waals surface area contributed by atoms with Gasteiger partial charge in [-0.2, -0.15) is 0 Å². The van der Waals surface area contributed by atoms with Gasteiger partial charge in [-0.25, -0.2) is 0 Å². The first-order chi connectivity index (χ1) is 14.4. The van der Waals surface area contributed by atoms with Crippen LogP contribution >= 0.6 is 0 Å². The number of ether oxygens (including phenoxy) is 3. The maximum atomic E-state index is 13.0. The molecule has 4 rings (SSSR count). The van der Waals surface area contributed by atoms with Gasteiger partial charge in [0.25, 0.3) is 0 Å². The molecule has 154 valence electrons. The van der Waals surface area contributed by atoms with E-state index in [2.05, 4.69) is 0 Å². The van der Waals surface area contributed by atoms with Crippen LogP contribution in [0.25, 0.3) is 17.0 Å². The van der Waals surface area contributed by atoms with Gasteiger partial charge in [-0.1, -0.05) is 5.57 Å². The lowest BCUT2D eigenvalue weighted by molar-refractivity contribution is 0.101. The molecule has 30 heavy (non-hydrogen) atoms. The number of hydrogen-bond acceptors (Lipinski definition) is 4. The number of Topliss-reactive ketones (excluding diaryl/α,β-unsaturated/α-hetero) is 1. The minimum atomic E-state index is -0.113. The lowest BCUT2D eigenvalue weighted by Gasteiger charge is -2.07. The van der Waals surface area contributed by atoms with E-state index in [0.717, 1.165) is 27.8 Å². The van der Waals surface area contributed by atoms with Crippen LogP contribution in [0.4, 0.5) is 0 Å². The first-order valence-electron chi connectivity index (χ1n) is 9.85. The van der Waals surface area contributed by atoms with E-state index >= 15 is 0 Å². The average molecular weight is 403 g/mol. The number of methoxy groups -OCH3 is 1. The van der Waals surface area contributed by atoms with Crippen LogP contribution in [0.15, 0.2) is 53.9 Å². The smallest absolute Gasteiger partial charge is 0.232 e. The third kappa shape index (κ3) is 3.59. The van der Waals surface area contributed by atoms with Crippen molar-refractivity contribution in [2.45, 2.75) is 20.8 Å². The van der Waals surface area contributed by atoms with E-state index in [1.807, 2.05) is 68.9 Å².